The van der Waals surface area contributed by atoms with Crippen LogP contribution < -0.4 is 9.64 Å². The van der Waals surface area contributed by atoms with E-state index in [4.69, 9.17) is 4.74 Å². The molecule has 0 radical (unpaired) electrons. The van der Waals surface area contributed by atoms with Gasteiger partial charge < -0.3 is 14.7 Å². The van der Waals surface area contributed by atoms with Gasteiger partial charge in [0.1, 0.15) is 0 Å². The molecule has 5 heteroatoms. The van der Waals surface area contributed by atoms with Crippen LogP contribution in [0.4, 0.5) is 17.1 Å². The summed E-state index contributed by atoms with van der Waals surface area (Å²) in [7, 11) is 1.51. The van der Waals surface area contributed by atoms with E-state index < -0.39 is 0 Å². The number of nitrogens with zero attached hydrogens (tertiary/aromatic N) is 3. The number of methoxy groups -OCH3 is 1. The van der Waals surface area contributed by atoms with Gasteiger partial charge >= 0.3 is 0 Å². The number of para-hydroxylation sites is 3. The van der Waals surface area contributed by atoms with Crippen LogP contribution >= 0.6 is 0 Å². The first-order valence-corrected chi connectivity index (χ1v) is 10.2. The van der Waals surface area contributed by atoms with Crippen molar-refractivity contribution < 1.29 is 9.84 Å². The summed E-state index contributed by atoms with van der Waals surface area (Å²) in [5.74, 6) is 0.440. The molecule has 5 nitrogen and oxygen atoms in total. The Labute approximate surface area is 187 Å². The van der Waals surface area contributed by atoms with Gasteiger partial charge in [0, 0.05) is 22.6 Å². The molecule has 1 N–H and O–H groups in total. The fourth-order valence-corrected chi connectivity index (χ4v) is 3.31. The molecule has 4 aromatic carbocycles. The maximum atomic E-state index is 10.1. The van der Waals surface area contributed by atoms with Crippen LogP contribution in [0.3, 0.4) is 0 Å². The Morgan fingerprint density at radius 2 is 1.22 bits per heavy atom. The van der Waals surface area contributed by atoms with Crippen molar-refractivity contribution >= 4 is 29.5 Å². The lowest BCUT2D eigenvalue weighted by atomic mass is 10.1. The highest BCUT2D eigenvalue weighted by Gasteiger charge is 2.11. The van der Waals surface area contributed by atoms with Crippen LogP contribution in [0.5, 0.6) is 11.5 Å². The Kier molecular flexibility index (Phi) is 6.58. The van der Waals surface area contributed by atoms with Gasteiger partial charge in [-0.15, -0.1) is 0 Å². The Morgan fingerprint density at radius 3 is 1.81 bits per heavy atom. The Bertz CT molecular complexity index is 1170. The topological polar surface area (TPSA) is 57.4 Å². The molecule has 4 rings (SSSR count). The standard InChI is InChI=1S/C27H23N3O2/c1-32-26-14-8-9-22(27(26)31)20-29-28-19-21-15-17-25(18-16-21)30(23-10-4-2-5-11-23)24-12-6-3-7-13-24/h2-20,31H,1H3/b28-19+,29-20+. The first kappa shape index (κ1) is 20.9. The second kappa shape index (κ2) is 10.1. The van der Waals surface area contributed by atoms with E-state index in [0.717, 1.165) is 22.6 Å². The number of anilines is 3. The van der Waals surface area contributed by atoms with E-state index in [2.05, 4.69) is 51.5 Å². The molecular weight excluding hydrogens is 398 g/mol. The van der Waals surface area contributed by atoms with E-state index in [9.17, 15) is 5.11 Å². The molecule has 0 fully saturated rings. The molecule has 0 bridgehead atoms. The Hall–Kier alpha value is -4.38. The number of phenols is 1. The molecule has 0 amide bonds. The van der Waals surface area contributed by atoms with E-state index in [1.54, 1.807) is 24.4 Å². The number of ether oxygens (including phenoxy) is 1. The summed E-state index contributed by atoms with van der Waals surface area (Å²) < 4.78 is 5.10. The Balaban J connectivity index is 1.53. The molecule has 0 saturated heterocycles. The van der Waals surface area contributed by atoms with Crippen molar-refractivity contribution in [1.82, 2.24) is 0 Å². The number of benzene rings is 4. The van der Waals surface area contributed by atoms with Gasteiger partial charge in [-0.05, 0) is 54.1 Å². The number of aromatic hydroxyl groups is 1. The minimum absolute atomic E-state index is 0.0419. The molecule has 0 aliphatic heterocycles. The zero-order valence-corrected chi connectivity index (χ0v) is 17.7. The van der Waals surface area contributed by atoms with E-state index in [1.165, 1.54) is 13.3 Å². The molecule has 0 unspecified atom stereocenters. The van der Waals surface area contributed by atoms with Gasteiger partial charge in [-0.1, -0.05) is 54.6 Å². The lowest BCUT2D eigenvalue weighted by Crippen LogP contribution is -2.09. The van der Waals surface area contributed by atoms with Crippen molar-refractivity contribution in [3.05, 3.63) is 114 Å². The van der Waals surface area contributed by atoms with Gasteiger partial charge in [-0.25, -0.2) is 0 Å². The highest BCUT2D eigenvalue weighted by Crippen LogP contribution is 2.34. The predicted octanol–water partition coefficient (Wildman–Crippen LogP) is 6.32. The lowest BCUT2D eigenvalue weighted by Gasteiger charge is -2.25. The largest absolute Gasteiger partial charge is 0.504 e. The Morgan fingerprint density at radius 1 is 0.656 bits per heavy atom. The van der Waals surface area contributed by atoms with Gasteiger partial charge in [-0.2, -0.15) is 10.2 Å². The van der Waals surface area contributed by atoms with Crippen LogP contribution in [-0.2, 0) is 0 Å². The minimum Gasteiger partial charge on any atom is -0.504 e. The quantitative estimate of drug-likeness (QED) is 0.280. The number of rotatable bonds is 7. The van der Waals surface area contributed by atoms with Crippen molar-refractivity contribution in [3.8, 4) is 11.5 Å². The number of phenolic OH excluding ortho intramolecular Hbond substituents is 1. The van der Waals surface area contributed by atoms with E-state index >= 15 is 0 Å². The SMILES string of the molecule is COc1cccc(/C=N/N=C/c2ccc(N(c3ccccc3)c3ccccc3)cc2)c1O. The average molecular weight is 422 g/mol. The summed E-state index contributed by atoms with van der Waals surface area (Å²) in [4.78, 5) is 2.20. The molecule has 0 spiro atoms. The monoisotopic (exact) mass is 421 g/mol. The third kappa shape index (κ3) is 4.84. The van der Waals surface area contributed by atoms with Crippen LogP contribution in [0.1, 0.15) is 11.1 Å². The summed E-state index contributed by atoms with van der Waals surface area (Å²) in [6.45, 7) is 0. The molecular formula is C27H23N3O2. The van der Waals surface area contributed by atoms with Gasteiger partial charge in [0.05, 0.1) is 19.5 Å². The maximum Gasteiger partial charge on any atom is 0.166 e. The summed E-state index contributed by atoms with van der Waals surface area (Å²) >= 11 is 0. The smallest absolute Gasteiger partial charge is 0.166 e. The second-order valence-corrected chi connectivity index (χ2v) is 6.99. The van der Waals surface area contributed by atoms with Gasteiger partial charge in [0.15, 0.2) is 11.5 Å². The molecule has 0 saturated carbocycles. The third-order valence-corrected chi connectivity index (χ3v) is 4.90. The van der Waals surface area contributed by atoms with Crippen molar-refractivity contribution in [3.63, 3.8) is 0 Å². The fourth-order valence-electron chi connectivity index (χ4n) is 3.31. The highest BCUT2D eigenvalue weighted by molar-refractivity contribution is 5.86. The summed E-state index contributed by atoms with van der Waals surface area (Å²) in [6.07, 6.45) is 3.17. The zero-order chi connectivity index (χ0) is 22.2. The molecule has 0 atom stereocenters. The van der Waals surface area contributed by atoms with E-state index in [0.29, 0.717) is 11.3 Å². The normalized spacial score (nSPS) is 11.2. The van der Waals surface area contributed by atoms with Crippen molar-refractivity contribution in [2.45, 2.75) is 0 Å². The molecule has 0 aliphatic rings. The van der Waals surface area contributed by atoms with Crippen molar-refractivity contribution in [2.75, 3.05) is 12.0 Å². The average Bonchev–Trinajstić information content (AvgIpc) is 2.85. The van der Waals surface area contributed by atoms with Crippen molar-refractivity contribution in [2.24, 2.45) is 10.2 Å². The number of hydrogen-bond acceptors (Lipinski definition) is 5. The first-order valence-electron chi connectivity index (χ1n) is 10.2. The van der Waals surface area contributed by atoms with Crippen LogP contribution in [0.25, 0.3) is 0 Å². The minimum atomic E-state index is 0.0419. The molecule has 0 aliphatic carbocycles. The van der Waals surface area contributed by atoms with Gasteiger partial charge in [0.2, 0.25) is 0 Å². The lowest BCUT2D eigenvalue weighted by molar-refractivity contribution is 0.373. The molecule has 0 heterocycles. The molecule has 158 valence electrons. The fraction of sp³-hybridized carbons (Fsp3) is 0.0370. The highest BCUT2D eigenvalue weighted by atomic mass is 16.5. The molecule has 0 aromatic heterocycles. The van der Waals surface area contributed by atoms with E-state index in [1.807, 2.05) is 48.5 Å². The number of hydrogen-bond donors (Lipinski definition) is 1. The second-order valence-electron chi connectivity index (χ2n) is 6.99. The summed E-state index contributed by atoms with van der Waals surface area (Å²) in [6, 6.07) is 33.8. The molecule has 32 heavy (non-hydrogen) atoms. The van der Waals surface area contributed by atoms with Crippen LogP contribution in [0, 0.1) is 0 Å². The summed E-state index contributed by atoms with van der Waals surface area (Å²) in [5, 5.41) is 18.3. The third-order valence-electron chi connectivity index (χ3n) is 4.90. The van der Waals surface area contributed by atoms with Gasteiger partial charge in [0.25, 0.3) is 0 Å². The van der Waals surface area contributed by atoms with Crippen LogP contribution in [-0.4, -0.2) is 24.6 Å². The maximum absolute atomic E-state index is 10.1. The first-order chi connectivity index (χ1) is 15.8. The summed E-state index contributed by atoms with van der Waals surface area (Å²) in [5.41, 5.74) is 4.68. The molecule has 4 aromatic rings. The van der Waals surface area contributed by atoms with Crippen LogP contribution in [0.15, 0.2) is 113 Å². The van der Waals surface area contributed by atoms with Crippen molar-refractivity contribution in [1.29, 1.82) is 0 Å². The van der Waals surface area contributed by atoms with E-state index in [-0.39, 0.29) is 5.75 Å². The van der Waals surface area contributed by atoms with Crippen LogP contribution in [0.2, 0.25) is 0 Å². The van der Waals surface area contributed by atoms with Gasteiger partial charge in [-0.3, -0.25) is 0 Å². The zero-order valence-electron chi connectivity index (χ0n) is 17.7. The predicted molar refractivity (Wildman–Crippen MR) is 131 cm³/mol.